The van der Waals surface area contributed by atoms with Crippen molar-refractivity contribution in [2.24, 2.45) is 0 Å². The Kier molecular flexibility index (Phi) is 4.86. The van der Waals surface area contributed by atoms with Crippen molar-refractivity contribution in [1.82, 2.24) is 24.6 Å². The lowest BCUT2D eigenvalue weighted by molar-refractivity contribution is 0.355. The molecule has 3 heterocycles. The maximum absolute atomic E-state index is 5.35. The number of rotatable bonds is 6. The van der Waals surface area contributed by atoms with E-state index < -0.39 is 0 Å². The second-order valence-corrected chi connectivity index (χ2v) is 6.47. The fourth-order valence-corrected chi connectivity index (χ4v) is 2.91. The minimum atomic E-state index is 0.448. The van der Waals surface area contributed by atoms with Gasteiger partial charge in [-0.25, -0.2) is 9.50 Å². The first-order chi connectivity index (χ1) is 14.1. The van der Waals surface area contributed by atoms with E-state index in [-0.39, 0.29) is 0 Å². The summed E-state index contributed by atoms with van der Waals surface area (Å²) in [5, 5.41) is 7.69. The number of anilines is 3. The molecule has 0 saturated heterocycles. The van der Waals surface area contributed by atoms with Gasteiger partial charge in [-0.2, -0.15) is 4.98 Å². The first-order valence-electron chi connectivity index (χ1n) is 8.93. The molecule has 29 heavy (non-hydrogen) atoms. The SMILES string of the molecule is COc1ccc(Nc2nc3c(-c4ccc(N(C)C)nc4)nccn3n2)cc1OC. The van der Waals surface area contributed by atoms with Crippen molar-refractivity contribution in [1.29, 1.82) is 0 Å². The molecule has 0 saturated carbocycles. The van der Waals surface area contributed by atoms with Crippen molar-refractivity contribution in [3.05, 3.63) is 48.9 Å². The van der Waals surface area contributed by atoms with Crippen molar-refractivity contribution in [3.8, 4) is 22.8 Å². The van der Waals surface area contributed by atoms with Crippen LogP contribution in [0.15, 0.2) is 48.9 Å². The van der Waals surface area contributed by atoms with E-state index in [1.807, 2.05) is 49.3 Å². The van der Waals surface area contributed by atoms with Gasteiger partial charge < -0.3 is 19.7 Å². The summed E-state index contributed by atoms with van der Waals surface area (Å²) in [6.07, 6.45) is 5.23. The molecule has 0 atom stereocenters. The first kappa shape index (κ1) is 18.5. The molecule has 1 aromatic carbocycles. The van der Waals surface area contributed by atoms with Crippen molar-refractivity contribution < 1.29 is 9.47 Å². The molecule has 3 aromatic heterocycles. The molecule has 4 aromatic rings. The maximum atomic E-state index is 5.35. The van der Waals surface area contributed by atoms with Crippen LogP contribution in [0.2, 0.25) is 0 Å². The van der Waals surface area contributed by atoms with Gasteiger partial charge in [0.15, 0.2) is 17.1 Å². The third-order valence-corrected chi connectivity index (χ3v) is 4.37. The summed E-state index contributed by atoms with van der Waals surface area (Å²) < 4.78 is 12.3. The van der Waals surface area contributed by atoms with E-state index in [1.165, 1.54) is 0 Å². The molecule has 0 aliphatic heterocycles. The number of ether oxygens (including phenoxy) is 2. The van der Waals surface area contributed by atoms with Crippen LogP contribution in [0.5, 0.6) is 11.5 Å². The number of hydrogen-bond donors (Lipinski definition) is 1. The number of aromatic nitrogens is 5. The van der Waals surface area contributed by atoms with Gasteiger partial charge in [0, 0.05) is 50.0 Å². The molecule has 0 unspecified atom stereocenters. The van der Waals surface area contributed by atoms with Gasteiger partial charge >= 0.3 is 0 Å². The lowest BCUT2D eigenvalue weighted by atomic mass is 10.2. The minimum absolute atomic E-state index is 0.448. The van der Waals surface area contributed by atoms with Gasteiger partial charge in [-0.1, -0.05) is 0 Å². The van der Waals surface area contributed by atoms with E-state index >= 15 is 0 Å². The topological polar surface area (TPSA) is 89.7 Å². The number of nitrogens with zero attached hydrogens (tertiary/aromatic N) is 6. The third-order valence-electron chi connectivity index (χ3n) is 4.37. The summed E-state index contributed by atoms with van der Waals surface area (Å²) in [4.78, 5) is 15.5. The van der Waals surface area contributed by atoms with Gasteiger partial charge in [0.05, 0.1) is 14.2 Å². The zero-order valence-corrected chi connectivity index (χ0v) is 16.6. The Bertz CT molecular complexity index is 1140. The summed E-state index contributed by atoms with van der Waals surface area (Å²) in [6, 6.07) is 9.44. The zero-order valence-electron chi connectivity index (χ0n) is 16.6. The summed E-state index contributed by atoms with van der Waals surface area (Å²) in [6.45, 7) is 0. The smallest absolute Gasteiger partial charge is 0.247 e. The van der Waals surface area contributed by atoms with Gasteiger partial charge in [0.1, 0.15) is 11.5 Å². The van der Waals surface area contributed by atoms with E-state index in [1.54, 1.807) is 37.3 Å². The van der Waals surface area contributed by atoms with Crippen molar-refractivity contribution >= 4 is 23.1 Å². The number of pyridine rings is 1. The number of fused-ring (bicyclic) bond motifs is 1. The highest BCUT2D eigenvalue weighted by Crippen LogP contribution is 2.31. The fourth-order valence-electron chi connectivity index (χ4n) is 2.91. The molecule has 9 heteroatoms. The minimum Gasteiger partial charge on any atom is -0.493 e. The highest BCUT2D eigenvalue weighted by atomic mass is 16.5. The highest BCUT2D eigenvalue weighted by Gasteiger charge is 2.13. The van der Waals surface area contributed by atoms with Crippen LogP contribution in [-0.2, 0) is 0 Å². The molecule has 0 fully saturated rings. The Morgan fingerprint density at radius 2 is 1.83 bits per heavy atom. The molecule has 148 valence electrons. The van der Waals surface area contributed by atoms with Crippen LogP contribution in [0.25, 0.3) is 16.9 Å². The van der Waals surface area contributed by atoms with Gasteiger partial charge in [-0.15, -0.1) is 5.10 Å². The molecule has 0 radical (unpaired) electrons. The van der Waals surface area contributed by atoms with Crippen molar-refractivity contribution in [3.63, 3.8) is 0 Å². The van der Waals surface area contributed by atoms with E-state index in [4.69, 9.17) is 9.47 Å². The zero-order chi connectivity index (χ0) is 20.4. The summed E-state index contributed by atoms with van der Waals surface area (Å²) in [7, 11) is 7.10. The lowest BCUT2D eigenvalue weighted by Gasteiger charge is -2.11. The van der Waals surface area contributed by atoms with Crippen LogP contribution < -0.4 is 19.7 Å². The van der Waals surface area contributed by atoms with Crippen molar-refractivity contribution in [2.75, 3.05) is 38.5 Å². The van der Waals surface area contributed by atoms with Crippen LogP contribution in [0.3, 0.4) is 0 Å². The molecule has 0 spiro atoms. The van der Waals surface area contributed by atoms with E-state index in [2.05, 4.69) is 25.4 Å². The van der Waals surface area contributed by atoms with Crippen molar-refractivity contribution in [2.45, 2.75) is 0 Å². The molecule has 0 amide bonds. The average Bonchev–Trinajstić information content (AvgIpc) is 3.16. The number of nitrogens with one attached hydrogen (secondary N) is 1. The second kappa shape index (κ2) is 7.63. The van der Waals surface area contributed by atoms with Gasteiger partial charge in [0.2, 0.25) is 5.95 Å². The molecule has 0 bridgehead atoms. The Labute approximate surface area is 168 Å². The predicted octanol–water partition coefficient (Wildman–Crippen LogP) is 3.01. The Balaban J connectivity index is 1.67. The molecule has 1 N–H and O–H groups in total. The van der Waals surface area contributed by atoms with Crippen LogP contribution in [-0.4, -0.2) is 52.9 Å². The maximum Gasteiger partial charge on any atom is 0.247 e. The van der Waals surface area contributed by atoms with E-state index in [9.17, 15) is 0 Å². The number of benzene rings is 1. The van der Waals surface area contributed by atoms with Gasteiger partial charge in [-0.3, -0.25) is 4.98 Å². The van der Waals surface area contributed by atoms with Gasteiger partial charge in [0.25, 0.3) is 0 Å². The summed E-state index contributed by atoms with van der Waals surface area (Å²) in [5.41, 5.74) is 2.99. The van der Waals surface area contributed by atoms with Gasteiger partial charge in [-0.05, 0) is 24.3 Å². The van der Waals surface area contributed by atoms with Crippen LogP contribution in [0, 0.1) is 0 Å². The molecule has 0 aliphatic rings. The first-order valence-corrected chi connectivity index (χ1v) is 8.93. The molecule has 9 nitrogen and oxygen atoms in total. The highest BCUT2D eigenvalue weighted by molar-refractivity contribution is 5.74. The van der Waals surface area contributed by atoms with E-state index in [0.29, 0.717) is 28.8 Å². The third kappa shape index (κ3) is 3.62. The quantitative estimate of drug-likeness (QED) is 0.536. The second-order valence-electron chi connectivity index (χ2n) is 6.47. The number of hydrogen-bond acceptors (Lipinski definition) is 8. The van der Waals surface area contributed by atoms with E-state index in [0.717, 1.165) is 17.1 Å². The standard InChI is InChI=1S/C20H21N7O2/c1-26(2)17-8-5-13(12-22-17)18-19-24-20(25-27(19)10-9-21-18)23-14-6-7-15(28-3)16(11-14)29-4/h5-12H,1-4H3,(H,23,25). The molecular formula is C20H21N7O2. The van der Waals surface area contributed by atoms with Crippen LogP contribution in [0.4, 0.5) is 17.5 Å². The Morgan fingerprint density at radius 1 is 1.00 bits per heavy atom. The molecule has 0 aliphatic carbocycles. The summed E-state index contributed by atoms with van der Waals surface area (Å²) >= 11 is 0. The summed E-state index contributed by atoms with van der Waals surface area (Å²) in [5.74, 6) is 2.60. The monoisotopic (exact) mass is 391 g/mol. The van der Waals surface area contributed by atoms with Crippen LogP contribution >= 0.6 is 0 Å². The normalized spacial score (nSPS) is 10.8. The fraction of sp³-hybridized carbons (Fsp3) is 0.200. The average molecular weight is 391 g/mol. The lowest BCUT2D eigenvalue weighted by Crippen LogP contribution is -2.10. The molecule has 4 rings (SSSR count). The predicted molar refractivity (Wildman–Crippen MR) is 111 cm³/mol. The van der Waals surface area contributed by atoms with Crippen LogP contribution in [0.1, 0.15) is 0 Å². The Morgan fingerprint density at radius 3 is 2.52 bits per heavy atom. The molecular weight excluding hydrogens is 370 g/mol. The number of methoxy groups -OCH3 is 2. The Hall–Kier alpha value is -3.88. The largest absolute Gasteiger partial charge is 0.493 e.